The smallest absolute Gasteiger partial charge is 0.0119 e. The van der Waals surface area contributed by atoms with Crippen LogP contribution in [-0.2, 0) is 0 Å². The molecule has 3 nitrogen and oxygen atoms in total. The van der Waals surface area contributed by atoms with Crippen LogP contribution < -0.4 is 5.32 Å². The molecule has 0 unspecified atom stereocenters. The molecule has 2 aliphatic carbocycles. The zero-order chi connectivity index (χ0) is 16.9. The third-order valence-electron chi connectivity index (χ3n) is 8.96. The van der Waals surface area contributed by atoms with Gasteiger partial charge in [-0.3, -0.25) is 0 Å². The molecule has 0 aromatic carbocycles. The van der Waals surface area contributed by atoms with Gasteiger partial charge in [-0.15, -0.1) is 0 Å². The van der Waals surface area contributed by atoms with Gasteiger partial charge in [0.2, 0.25) is 0 Å². The Balaban J connectivity index is 1.07. The summed E-state index contributed by atoms with van der Waals surface area (Å²) in [4.78, 5) is 5.72. The Morgan fingerprint density at radius 1 is 0.680 bits per heavy atom. The maximum atomic E-state index is 3.52. The molecule has 2 spiro atoms. The number of piperidine rings is 3. The second-order valence-corrected chi connectivity index (χ2v) is 10.6. The van der Waals surface area contributed by atoms with E-state index in [1.165, 1.54) is 103 Å². The lowest BCUT2D eigenvalue weighted by molar-refractivity contribution is -0.0828. The first-order valence-electron chi connectivity index (χ1n) is 11.3. The molecule has 3 aliphatic heterocycles. The number of likely N-dealkylation sites (tertiary alicyclic amines) is 2. The minimum atomic E-state index is 0.744. The van der Waals surface area contributed by atoms with Crippen LogP contribution in [0, 0.1) is 16.7 Å². The van der Waals surface area contributed by atoms with Gasteiger partial charge in [0, 0.05) is 12.1 Å². The molecule has 5 aliphatic rings. The highest BCUT2D eigenvalue weighted by molar-refractivity contribution is 5.04. The van der Waals surface area contributed by atoms with Crippen molar-refractivity contribution in [3.8, 4) is 0 Å². The van der Waals surface area contributed by atoms with Crippen LogP contribution in [0.5, 0.6) is 0 Å². The molecule has 0 aromatic rings. The molecular weight excluding hydrogens is 306 g/mol. The summed E-state index contributed by atoms with van der Waals surface area (Å²) in [5.41, 5.74) is 1.53. The van der Waals surface area contributed by atoms with Crippen molar-refractivity contribution in [3.05, 3.63) is 0 Å². The van der Waals surface area contributed by atoms with E-state index in [2.05, 4.69) is 22.0 Å². The molecule has 25 heavy (non-hydrogen) atoms. The van der Waals surface area contributed by atoms with Crippen LogP contribution in [0.3, 0.4) is 0 Å². The van der Waals surface area contributed by atoms with Gasteiger partial charge in [-0.25, -0.2) is 0 Å². The molecule has 0 bridgehead atoms. The zero-order valence-electron chi connectivity index (χ0n) is 16.4. The fourth-order valence-electron chi connectivity index (χ4n) is 7.33. The first-order valence-corrected chi connectivity index (χ1v) is 11.3. The lowest BCUT2D eigenvalue weighted by atomic mass is 9.56. The van der Waals surface area contributed by atoms with E-state index in [9.17, 15) is 0 Å². The van der Waals surface area contributed by atoms with E-state index in [0.29, 0.717) is 0 Å². The molecule has 142 valence electrons. The predicted molar refractivity (Wildman–Crippen MR) is 104 cm³/mol. The molecule has 3 saturated heterocycles. The molecule has 1 N–H and O–H groups in total. The Morgan fingerprint density at radius 3 is 1.68 bits per heavy atom. The van der Waals surface area contributed by atoms with Crippen molar-refractivity contribution in [1.82, 2.24) is 15.1 Å². The SMILES string of the molecule is CC1CC2(CCN(C3CC4(CCN(C5CCNCC5)CC4)C3)CC2)C1. The van der Waals surface area contributed by atoms with Gasteiger partial charge < -0.3 is 15.1 Å². The lowest BCUT2D eigenvalue weighted by Crippen LogP contribution is -2.59. The maximum Gasteiger partial charge on any atom is 0.0119 e. The van der Waals surface area contributed by atoms with Crippen LogP contribution >= 0.6 is 0 Å². The molecule has 3 heteroatoms. The summed E-state index contributed by atoms with van der Waals surface area (Å²) in [5.74, 6) is 1.02. The predicted octanol–water partition coefficient (Wildman–Crippen LogP) is 3.50. The Labute approximate surface area is 154 Å². The average molecular weight is 346 g/mol. The molecular formula is C22H39N3. The summed E-state index contributed by atoms with van der Waals surface area (Å²) in [6, 6.07) is 1.83. The van der Waals surface area contributed by atoms with E-state index in [1.54, 1.807) is 0 Å². The second-order valence-electron chi connectivity index (χ2n) is 10.6. The second kappa shape index (κ2) is 6.49. The summed E-state index contributed by atoms with van der Waals surface area (Å²) in [6.07, 6.45) is 14.9. The third kappa shape index (κ3) is 3.19. The van der Waals surface area contributed by atoms with E-state index in [4.69, 9.17) is 0 Å². The van der Waals surface area contributed by atoms with Crippen LogP contribution in [0.15, 0.2) is 0 Å². The van der Waals surface area contributed by atoms with Crippen molar-refractivity contribution in [2.45, 2.75) is 83.2 Å². The van der Waals surface area contributed by atoms with E-state index >= 15 is 0 Å². The summed E-state index contributed by atoms with van der Waals surface area (Å²) >= 11 is 0. The van der Waals surface area contributed by atoms with Crippen molar-refractivity contribution >= 4 is 0 Å². The van der Waals surface area contributed by atoms with Gasteiger partial charge in [0.15, 0.2) is 0 Å². The number of rotatable bonds is 2. The summed E-state index contributed by atoms with van der Waals surface area (Å²) in [5, 5.41) is 3.52. The summed E-state index contributed by atoms with van der Waals surface area (Å²) in [7, 11) is 0. The fraction of sp³-hybridized carbons (Fsp3) is 1.00. The van der Waals surface area contributed by atoms with E-state index in [-0.39, 0.29) is 0 Å². The summed E-state index contributed by atoms with van der Waals surface area (Å²) in [6.45, 7) is 10.5. The Bertz CT molecular complexity index is 452. The van der Waals surface area contributed by atoms with Crippen molar-refractivity contribution in [2.75, 3.05) is 39.3 Å². The number of nitrogens with one attached hydrogen (secondary N) is 1. The standard InChI is InChI=1S/C22H39N3/c1-18-14-21(15-18)4-12-25(13-5-21)20-16-22(17-20)6-10-24(11-7-22)19-2-8-23-9-3-19/h18-20,23H,2-17H2,1H3. The van der Waals surface area contributed by atoms with Gasteiger partial charge in [-0.1, -0.05) is 6.92 Å². The quantitative estimate of drug-likeness (QED) is 0.826. The molecule has 0 atom stereocenters. The normalized spacial score (nSPS) is 37.1. The van der Waals surface area contributed by atoms with Gasteiger partial charge in [-0.05, 0) is 120 Å². The monoisotopic (exact) mass is 345 g/mol. The highest BCUT2D eigenvalue weighted by Gasteiger charge is 2.50. The van der Waals surface area contributed by atoms with E-state index in [1.807, 2.05) is 0 Å². The van der Waals surface area contributed by atoms with Crippen LogP contribution in [0.1, 0.15) is 71.1 Å². The van der Waals surface area contributed by atoms with Gasteiger partial charge in [-0.2, -0.15) is 0 Å². The maximum absolute atomic E-state index is 3.52. The van der Waals surface area contributed by atoms with Crippen LogP contribution in [0.25, 0.3) is 0 Å². The Morgan fingerprint density at radius 2 is 1.16 bits per heavy atom. The largest absolute Gasteiger partial charge is 0.317 e. The molecule has 0 radical (unpaired) electrons. The lowest BCUT2D eigenvalue weighted by Gasteiger charge is -2.59. The Kier molecular flexibility index (Phi) is 4.42. The zero-order valence-corrected chi connectivity index (χ0v) is 16.4. The van der Waals surface area contributed by atoms with E-state index < -0.39 is 0 Å². The minimum absolute atomic E-state index is 0.744. The van der Waals surface area contributed by atoms with Gasteiger partial charge in [0.05, 0.1) is 0 Å². The number of nitrogens with zero attached hydrogens (tertiary/aromatic N) is 2. The van der Waals surface area contributed by atoms with Crippen LogP contribution in [0.4, 0.5) is 0 Å². The molecule has 3 heterocycles. The molecule has 2 saturated carbocycles. The minimum Gasteiger partial charge on any atom is -0.317 e. The van der Waals surface area contributed by atoms with Crippen molar-refractivity contribution in [3.63, 3.8) is 0 Å². The van der Waals surface area contributed by atoms with Crippen LogP contribution in [0.2, 0.25) is 0 Å². The van der Waals surface area contributed by atoms with Crippen molar-refractivity contribution in [1.29, 1.82) is 0 Å². The van der Waals surface area contributed by atoms with Gasteiger partial charge >= 0.3 is 0 Å². The number of hydrogen-bond acceptors (Lipinski definition) is 3. The molecule has 5 fully saturated rings. The fourth-order valence-corrected chi connectivity index (χ4v) is 7.33. The van der Waals surface area contributed by atoms with Crippen molar-refractivity contribution in [2.24, 2.45) is 16.7 Å². The third-order valence-corrected chi connectivity index (χ3v) is 8.96. The molecule has 0 amide bonds. The highest BCUT2D eigenvalue weighted by atomic mass is 15.2. The molecule has 0 aromatic heterocycles. The Hall–Kier alpha value is -0.120. The summed E-state index contributed by atoms with van der Waals surface area (Å²) < 4.78 is 0. The van der Waals surface area contributed by atoms with Crippen LogP contribution in [-0.4, -0.2) is 61.2 Å². The average Bonchev–Trinajstić information content (AvgIpc) is 2.60. The molecule has 5 rings (SSSR count). The van der Waals surface area contributed by atoms with Gasteiger partial charge in [0.1, 0.15) is 0 Å². The topological polar surface area (TPSA) is 18.5 Å². The van der Waals surface area contributed by atoms with Crippen molar-refractivity contribution < 1.29 is 0 Å². The highest BCUT2D eigenvalue weighted by Crippen LogP contribution is 2.55. The first kappa shape index (κ1) is 17.0. The first-order chi connectivity index (χ1) is 12.2. The van der Waals surface area contributed by atoms with E-state index in [0.717, 1.165) is 28.8 Å². The number of hydrogen-bond donors (Lipinski definition) is 1. The van der Waals surface area contributed by atoms with Gasteiger partial charge in [0.25, 0.3) is 0 Å².